The summed E-state index contributed by atoms with van der Waals surface area (Å²) >= 11 is 11.4. The average molecular weight is 857 g/mol. The van der Waals surface area contributed by atoms with Crippen LogP contribution in [0, 0.1) is 11.8 Å². The van der Waals surface area contributed by atoms with Gasteiger partial charge in [0.2, 0.25) is 0 Å². The van der Waals surface area contributed by atoms with E-state index in [9.17, 15) is 0 Å². The van der Waals surface area contributed by atoms with Gasteiger partial charge in [-0.05, 0) is 71.8 Å². The zero-order valence-corrected chi connectivity index (χ0v) is 38.9. The molecule has 6 heterocycles. The molecule has 0 radical (unpaired) electrons. The van der Waals surface area contributed by atoms with E-state index in [2.05, 4.69) is 87.0 Å². The first kappa shape index (κ1) is 41.9. The van der Waals surface area contributed by atoms with Crippen LogP contribution in [0.5, 0.6) is 0 Å². The Morgan fingerprint density at radius 3 is 1.27 bits per heavy atom. The van der Waals surface area contributed by atoms with Crippen LogP contribution in [0.3, 0.4) is 0 Å². The molecule has 0 saturated carbocycles. The highest BCUT2D eigenvalue weighted by atomic mass is 32.1. The number of aromatic nitrogens is 2. The molecule has 56 heavy (non-hydrogen) atoms. The summed E-state index contributed by atoms with van der Waals surface area (Å²) in [7, 11) is 0. The third-order valence-electron chi connectivity index (χ3n) is 11.3. The van der Waals surface area contributed by atoms with E-state index in [1.54, 1.807) is 0 Å². The van der Waals surface area contributed by atoms with E-state index in [-0.39, 0.29) is 0 Å². The van der Waals surface area contributed by atoms with Gasteiger partial charge >= 0.3 is 0 Å². The van der Waals surface area contributed by atoms with Gasteiger partial charge in [0.25, 0.3) is 0 Å². The van der Waals surface area contributed by atoms with Gasteiger partial charge in [0, 0.05) is 30.6 Å². The quantitative estimate of drug-likeness (QED) is 0.0566. The molecule has 0 spiro atoms. The predicted octanol–water partition coefficient (Wildman–Crippen LogP) is 18.5. The minimum atomic E-state index is 0.786. The summed E-state index contributed by atoms with van der Waals surface area (Å²) in [6, 6.07) is 18.4. The number of nitrogens with zero attached hydrogens (tertiary/aromatic N) is 2. The van der Waals surface area contributed by atoms with Crippen molar-refractivity contribution in [2.45, 2.75) is 143 Å². The van der Waals surface area contributed by atoms with E-state index >= 15 is 0 Å². The summed E-state index contributed by atoms with van der Waals surface area (Å²) in [6.45, 7) is 9.29. The molecule has 7 aromatic rings. The number of benzene rings is 1. The fraction of sp³-hybridized carbons (Fsp3) is 0.500. The zero-order valence-electron chi connectivity index (χ0n) is 34.0. The maximum absolute atomic E-state index is 5.57. The first-order chi connectivity index (χ1) is 27.6. The summed E-state index contributed by atoms with van der Waals surface area (Å²) in [5.74, 6) is 1.57. The lowest BCUT2D eigenvalue weighted by molar-refractivity contribution is 0.412. The lowest BCUT2D eigenvalue weighted by Gasteiger charge is -2.15. The molecule has 7 rings (SSSR count). The van der Waals surface area contributed by atoms with Crippen molar-refractivity contribution in [3.05, 3.63) is 69.0 Å². The average Bonchev–Trinajstić information content (AvgIpc) is 4.06. The molecule has 6 aromatic heterocycles. The lowest BCUT2D eigenvalue weighted by Crippen LogP contribution is -2.04. The third-order valence-corrected chi connectivity index (χ3v) is 17.8. The van der Waals surface area contributed by atoms with Crippen molar-refractivity contribution < 1.29 is 0 Å². The van der Waals surface area contributed by atoms with Crippen LogP contribution in [0.15, 0.2) is 59.3 Å². The molecular formula is C48H60N2S6. The molecule has 2 unspecified atom stereocenters. The second-order valence-corrected chi connectivity index (χ2v) is 22.0. The Hall–Kier alpha value is -2.20. The maximum Gasteiger partial charge on any atom is 0.134 e. The molecule has 0 saturated heterocycles. The van der Waals surface area contributed by atoms with E-state index in [0.29, 0.717) is 0 Å². The normalized spacial score (nSPS) is 13.1. The highest BCUT2D eigenvalue weighted by molar-refractivity contribution is 7.28. The topological polar surface area (TPSA) is 25.8 Å². The summed E-state index contributed by atoms with van der Waals surface area (Å²) in [5.41, 5.74) is 4.81. The van der Waals surface area contributed by atoms with Gasteiger partial charge < -0.3 is 0 Å². The van der Waals surface area contributed by atoms with Crippen molar-refractivity contribution in [1.29, 1.82) is 0 Å². The predicted molar refractivity (Wildman–Crippen MR) is 257 cm³/mol. The highest BCUT2D eigenvalue weighted by Crippen LogP contribution is 2.52. The minimum Gasteiger partial charge on any atom is -0.234 e. The number of hydrogen-bond donors (Lipinski definition) is 0. The highest BCUT2D eigenvalue weighted by Gasteiger charge is 2.26. The van der Waals surface area contributed by atoms with Crippen LogP contribution in [-0.2, 0) is 12.8 Å². The van der Waals surface area contributed by atoms with E-state index < -0.39 is 0 Å². The van der Waals surface area contributed by atoms with Gasteiger partial charge in [-0.15, -0.1) is 68.0 Å². The minimum absolute atomic E-state index is 0.786. The summed E-state index contributed by atoms with van der Waals surface area (Å²) in [4.78, 5) is 19.4. The van der Waals surface area contributed by atoms with Gasteiger partial charge in [0.15, 0.2) is 0 Å². The van der Waals surface area contributed by atoms with Crippen LogP contribution in [0.4, 0.5) is 0 Å². The van der Waals surface area contributed by atoms with Gasteiger partial charge in [-0.1, -0.05) is 143 Å². The maximum atomic E-state index is 5.57. The van der Waals surface area contributed by atoms with Crippen molar-refractivity contribution in [3.63, 3.8) is 0 Å². The number of fused-ring (bicyclic) bond motifs is 2. The number of unbranched alkanes of at least 4 members (excludes halogenated alkanes) is 8. The van der Waals surface area contributed by atoms with Crippen LogP contribution in [0.2, 0.25) is 0 Å². The molecule has 0 N–H and O–H groups in total. The molecule has 0 aliphatic rings. The van der Waals surface area contributed by atoms with E-state index in [1.165, 1.54) is 165 Å². The number of rotatable bonds is 24. The first-order valence-electron chi connectivity index (χ1n) is 21.6. The molecule has 2 atom stereocenters. The second-order valence-electron chi connectivity index (χ2n) is 15.8. The zero-order chi connectivity index (χ0) is 38.7. The smallest absolute Gasteiger partial charge is 0.134 e. The molecule has 0 fully saturated rings. The van der Waals surface area contributed by atoms with Crippen molar-refractivity contribution in [2.24, 2.45) is 11.8 Å². The van der Waals surface area contributed by atoms with Gasteiger partial charge in [-0.2, -0.15) is 0 Å². The summed E-state index contributed by atoms with van der Waals surface area (Å²) < 4.78 is 2.55. The largest absolute Gasteiger partial charge is 0.234 e. The Labute approximate surface area is 360 Å². The van der Waals surface area contributed by atoms with Gasteiger partial charge in [0.05, 0.1) is 30.2 Å². The van der Waals surface area contributed by atoms with Crippen molar-refractivity contribution in [3.8, 4) is 40.7 Å². The van der Waals surface area contributed by atoms with Gasteiger partial charge in [-0.3, -0.25) is 0 Å². The van der Waals surface area contributed by atoms with E-state index in [4.69, 9.17) is 9.97 Å². The molecular weight excluding hydrogens is 797 g/mol. The number of hydrogen-bond acceptors (Lipinski definition) is 8. The fourth-order valence-electron chi connectivity index (χ4n) is 8.22. The van der Waals surface area contributed by atoms with Crippen molar-refractivity contribution >= 4 is 88.5 Å². The van der Waals surface area contributed by atoms with E-state index in [1.807, 2.05) is 68.0 Å². The fourth-order valence-corrected chi connectivity index (χ4v) is 14.5. The Kier molecular flexibility index (Phi) is 15.9. The molecule has 2 nitrogen and oxygen atoms in total. The Balaban J connectivity index is 1.24. The summed E-state index contributed by atoms with van der Waals surface area (Å²) in [5, 5.41) is 6.71. The second kappa shape index (κ2) is 21.2. The molecule has 1 aromatic carbocycles. The molecule has 0 aliphatic heterocycles. The Morgan fingerprint density at radius 2 is 0.875 bits per heavy atom. The van der Waals surface area contributed by atoms with Crippen LogP contribution >= 0.6 is 68.0 Å². The Morgan fingerprint density at radius 1 is 0.446 bits per heavy atom. The molecule has 8 heteroatoms. The molecule has 0 amide bonds. The molecule has 0 aliphatic carbocycles. The standard InChI is InChI=1S/C48H60N2S6/c1-5-9-13-15-21-33(19-11-7-3)31-35-25-27-39(53-35)47-49-43-41(37-23-17-29-51-37)46-44(42(45(43)55-47)38-24-18-30-52-38)50-48(56-46)40-28-26-36(54-40)32-34(20-12-8-4)22-16-14-10-6-2/h17-18,23-30,33-34H,5-16,19-22,31-32H2,1-4H3. The van der Waals surface area contributed by atoms with Crippen molar-refractivity contribution in [2.75, 3.05) is 0 Å². The van der Waals surface area contributed by atoms with Crippen LogP contribution in [0.1, 0.15) is 140 Å². The van der Waals surface area contributed by atoms with Gasteiger partial charge in [0.1, 0.15) is 10.0 Å². The first-order valence-corrected chi connectivity index (χ1v) is 26.6. The van der Waals surface area contributed by atoms with Crippen molar-refractivity contribution in [1.82, 2.24) is 9.97 Å². The lowest BCUT2D eigenvalue weighted by atomic mass is 9.92. The van der Waals surface area contributed by atoms with E-state index in [0.717, 1.165) is 32.9 Å². The van der Waals surface area contributed by atoms with Crippen LogP contribution in [-0.4, -0.2) is 9.97 Å². The molecule has 0 bridgehead atoms. The summed E-state index contributed by atoms with van der Waals surface area (Å²) in [6.07, 6.45) is 23.9. The van der Waals surface area contributed by atoms with Crippen LogP contribution < -0.4 is 0 Å². The third kappa shape index (κ3) is 10.3. The van der Waals surface area contributed by atoms with Gasteiger partial charge in [-0.25, -0.2) is 9.97 Å². The number of thiazole rings is 2. The number of thiophene rings is 4. The monoisotopic (exact) mass is 856 g/mol. The molecule has 298 valence electrons. The SMILES string of the molecule is CCCCCCC(CCCC)Cc1ccc(-c2nc3c(-c4cccs4)c4sc(-c5ccc(CC(CCCC)CCCCCC)s5)nc4c(-c4cccs4)c3s2)s1. The Bertz CT molecular complexity index is 1980. The van der Waals surface area contributed by atoms with Crippen LogP contribution in [0.25, 0.3) is 61.1 Å².